The number of halogens is 1. The third-order valence-corrected chi connectivity index (χ3v) is 4.06. The van der Waals surface area contributed by atoms with Gasteiger partial charge in [0.05, 0.1) is 4.90 Å². The van der Waals surface area contributed by atoms with Gasteiger partial charge in [-0.1, -0.05) is 25.4 Å². The average Bonchev–Trinajstić information content (AvgIpc) is 2.28. The second-order valence-electron chi connectivity index (χ2n) is 4.19. The molecule has 1 heterocycles. The number of hydrogen-bond acceptors (Lipinski definition) is 4. The summed E-state index contributed by atoms with van der Waals surface area (Å²) in [6.07, 6.45) is 0.954. The number of aromatic nitrogens is 1. The van der Waals surface area contributed by atoms with Gasteiger partial charge in [0.2, 0.25) is 10.0 Å². The lowest BCUT2D eigenvalue weighted by atomic mass is 10.1. The molecule has 1 aromatic rings. The predicted molar refractivity (Wildman–Crippen MR) is 68.7 cm³/mol. The van der Waals surface area contributed by atoms with E-state index in [2.05, 4.69) is 4.98 Å². The van der Waals surface area contributed by atoms with Crippen molar-refractivity contribution in [3.63, 3.8) is 0 Å². The molecule has 19 heavy (non-hydrogen) atoms. The largest absolute Gasteiger partial charge is 0.480 e. The maximum absolute atomic E-state index is 12.0. The van der Waals surface area contributed by atoms with Gasteiger partial charge in [-0.15, -0.1) is 0 Å². The summed E-state index contributed by atoms with van der Waals surface area (Å²) in [5.41, 5.74) is -0.626. The van der Waals surface area contributed by atoms with Crippen LogP contribution < -0.4 is 10.3 Å². The predicted octanol–water partition coefficient (Wildman–Crippen LogP) is 0.416. The van der Waals surface area contributed by atoms with Crippen LogP contribution in [0.25, 0.3) is 0 Å². The first-order chi connectivity index (χ1) is 8.65. The van der Waals surface area contributed by atoms with Crippen LogP contribution in [0.2, 0.25) is 5.02 Å². The zero-order chi connectivity index (χ0) is 14.8. The van der Waals surface area contributed by atoms with Crippen LogP contribution in [-0.2, 0) is 14.8 Å². The van der Waals surface area contributed by atoms with Crippen LogP contribution in [0.4, 0.5) is 0 Å². The second-order valence-corrected chi connectivity index (χ2v) is 6.31. The van der Waals surface area contributed by atoms with Crippen molar-refractivity contribution in [3.05, 3.63) is 27.6 Å². The van der Waals surface area contributed by atoms with Gasteiger partial charge in [0.15, 0.2) is 0 Å². The summed E-state index contributed by atoms with van der Waals surface area (Å²) in [5.74, 6) is -1.72. The van der Waals surface area contributed by atoms with E-state index in [0.29, 0.717) is 0 Å². The van der Waals surface area contributed by atoms with Crippen LogP contribution in [0.5, 0.6) is 0 Å². The van der Waals surface area contributed by atoms with Gasteiger partial charge in [0, 0.05) is 6.20 Å². The number of nitrogens with one attached hydrogen (secondary N) is 2. The van der Waals surface area contributed by atoms with E-state index in [1.165, 1.54) is 0 Å². The summed E-state index contributed by atoms with van der Waals surface area (Å²) in [4.78, 5) is 23.9. The van der Waals surface area contributed by atoms with E-state index in [4.69, 9.17) is 16.7 Å². The zero-order valence-corrected chi connectivity index (χ0v) is 11.7. The first-order valence-electron chi connectivity index (χ1n) is 5.28. The Labute approximate surface area is 114 Å². The highest BCUT2D eigenvalue weighted by Crippen LogP contribution is 2.13. The molecule has 1 rings (SSSR count). The molecule has 0 aromatic carbocycles. The van der Waals surface area contributed by atoms with Crippen molar-refractivity contribution in [2.45, 2.75) is 24.8 Å². The van der Waals surface area contributed by atoms with Crippen molar-refractivity contribution >= 4 is 27.6 Å². The van der Waals surface area contributed by atoms with Crippen molar-refractivity contribution in [1.29, 1.82) is 0 Å². The summed E-state index contributed by atoms with van der Waals surface area (Å²) >= 11 is 5.53. The number of pyridine rings is 1. The number of H-pyrrole nitrogens is 1. The van der Waals surface area contributed by atoms with Crippen LogP contribution >= 0.6 is 11.6 Å². The molecule has 0 saturated heterocycles. The normalized spacial score (nSPS) is 13.5. The van der Waals surface area contributed by atoms with Gasteiger partial charge < -0.3 is 10.1 Å². The highest BCUT2D eigenvalue weighted by molar-refractivity contribution is 7.89. The fourth-order valence-corrected chi connectivity index (χ4v) is 2.87. The highest BCUT2D eigenvalue weighted by atomic mass is 35.5. The zero-order valence-electron chi connectivity index (χ0n) is 10.2. The number of sulfonamides is 1. The topological polar surface area (TPSA) is 116 Å². The van der Waals surface area contributed by atoms with Crippen LogP contribution in [0.1, 0.15) is 13.8 Å². The van der Waals surface area contributed by atoms with E-state index >= 15 is 0 Å². The molecule has 1 unspecified atom stereocenters. The summed E-state index contributed by atoms with van der Waals surface area (Å²) in [5, 5.41) is 8.65. The van der Waals surface area contributed by atoms with Gasteiger partial charge in [-0.3, -0.25) is 9.59 Å². The molecule has 106 valence electrons. The van der Waals surface area contributed by atoms with Gasteiger partial charge in [-0.25, -0.2) is 8.42 Å². The van der Waals surface area contributed by atoms with Gasteiger partial charge >= 0.3 is 5.97 Å². The SMILES string of the molecule is CC(C)C(NS(=O)(=O)c1c[nH]c(=O)c(Cl)c1)C(=O)O. The van der Waals surface area contributed by atoms with E-state index in [1.54, 1.807) is 13.8 Å². The standard InChI is InChI=1S/C10H13ClN2O5S/c1-5(2)8(10(15)16)13-19(17,18)6-3-7(11)9(14)12-4-6/h3-5,8,13H,1-2H3,(H,12,14)(H,15,16). The van der Waals surface area contributed by atoms with Crippen molar-refractivity contribution < 1.29 is 18.3 Å². The molecule has 0 radical (unpaired) electrons. The summed E-state index contributed by atoms with van der Waals surface area (Å²) in [6, 6.07) is -0.308. The number of hydrogen-bond donors (Lipinski definition) is 3. The number of aromatic amines is 1. The fraction of sp³-hybridized carbons (Fsp3) is 0.400. The molecule has 0 bridgehead atoms. The maximum Gasteiger partial charge on any atom is 0.322 e. The van der Waals surface area contributed by atoms with Crippen LogP contribution in [0.15, 0.2) is 22.0 Å². The molecule has 1 atom stereocenters. The van der Waals surface area contributed by atoms with Crippen molar-refractivity contribution in [2.75, 3.05) is 0 Å². The van der Waals surface area contributed by atoms with E-state index in [9.17, 15) is 18.0 Å². The Bertz CT molecular complexity index is 638. The Kier molecular flexibility index (Phi) is 4.72. The van der Waals surface area contributed by atoms with Crippen LogP contribution in [0.3, 0.4) is 0 Å². The number of carboxylic acids is 1. The van der Waals surface area contributed by atoms with Gasteiger partial charge in [0.1, 0.15) is 11.1 Å². The van der Waals surface area contributed by atoms with Crippen molar-refractivity contribution in [2.24, 2.45) is 5.92 Å². The lowest BCUT2D eigenvalue weighted by molar-refractivity contribution is -0.140. The Morgan fingerprint density at radius 1 is 1.47 bits per heavy atom. The van der Waals surface area contributed by atoms with E-state index in [1.807, 2.05) is 4.72 Å². The van der Waals surface area contributed by atoms with E-state index in [0.717, 1.165) is 12.3 Å². The van der Waals surface area contributed by atoms with Crippen LogP contribution in [0, 0.1) is 5.92 Å². The number of rotatable bonds is 5. The summed E-state index contributed by atoms with van der Waals surface area (Å²) in [6.45, 7) is 3.14. The summed E-state index contributed by atoms with van der Waals surface area (Å²) in [7, 11) is -4.07. The molecule has 0 aliphatic carbocycles. The molecule has 1 aromatic heterocycles. The second kappa shape index (κ2) is 5.72. The lowest BCUT2D eigenvalue weighted by Gasteiger charge is -2.17. The molecule has 0 amide bonds. The highest BCUT2D eigenvalue weighted by Gasteiger charge is 2.28. The van der Waals surface area contributed by atoms with E-state index < -0.39 is 33.5 Å². The minimum atomic E-state index is -4.07. The molecular weight excluding hydrogens is 296 g/mol. The number of carbonyl (C=O) groups is 1. The Morgan fingerprint density at radius 2 is 2.05 bits per heavy atom. The molecule has 0 aliphatic heterocycles. The maximum atomic E-state index is 12.0. The fourth-order valence-electron chi connectivity index (χ4n) is 1.30. The molecule has 9 heteroatoms. The lowest BCUT2D eigenvalue weighted by Crippen LogP contribution is -2.44. The molecule has 0 aliphatic rings. The van der Waals surface area contributed by atoms with E-state index in [-0.39, 0.29) is 9.92 Å². The molecule has 3 N–H and O–H groups in total. The molecular formula is C10H13ClN2O5S. The van der Waals surface area contributed by atoms with Crippen molar-refractivity contribution in [1.82, 2.24) is 9.71 Å². The smallest absolute Gasteiger partial charge is 0.322 e. The molecule has 0 saturated carbocycles. The summed E-state index contributed by atoms with van der Waals surface area (Å²) < 4.78 is 26.0. The Hall–Kier alpha value is -1.38. The quantitative estimate of drug-likeness (QED) is 0.728. The Balaban J connectivity index is 3.13. The van der Waals surface area contributed by atoms with Crippen molar-refractivity contribution in [3.8, 4) is 0 Å². The monoisotopic (exact) mass is 308 g/mol. The van der Waals surface area contributed by atoms with Gasteiger partial charge in [0.25, 0.3) is 5.56 Å². The van der Waals surface area contributed by atoms with Gasteiger partial charge in [-0.2, -0.15) is 4.72 Å². The molecule has 0 spiro atoms. The Morgan fingerprint density at radius 3 is 2.47 bits per heavy atom. The number of carboxylic acid groups (broad SMARTS) is 1. The first-order valence-corrected chi connectivity index (χ1v) is 7.14. The minimum Gasteiger partial charge on any atom is -0.480 e. The number of aliphatic carboxylic acids is 1. The average molecular weight is 309 g/mol. The third kappa shape index (κ3) is 3.79. The minimum absolute atomic E-state index is 0.292. The van der Waals surface area contributed by atoms with Gasteiger partial charge in [-0.05, 0) is 12.0 Å². The third-order valence-electron chi connectivity index (χ3n) is 2.36. The molecule has 0 fully saturated rings. The first kappa shape index (κ1) is 15.7. The molecule has 7 nitrogen and oxygen atoms in total. The van der Waals surface area contributed by atoms with Crippen LogP contribution in [-0.4, -0.2) is 30.5 Å².